The minimum absolute atomic E-state index is 0.220. The van der Waals surface area contributed by atoms with Gasteiger partial charge in [-0.2, -0.15) is 0 Å². The molecule has 0 spiro atoms. The first-order chi connectivity index (χ1) is 10.3. The van der Waals surface area contributed by atoms with Crippen molar-refractivity contribution in [1.82, 2.24) is 14.8 Å². The zero-order chi connectivity index (χ0) is 16.9. The summed E-state index contributed by atoms with van der Waals surface area (Å²) < 4.78 is 6.25. The van der Waals surface area contributed by atoms with Crippen LogP contribution < -0.4 is 11.5 Å². The van der Waals surface area contributed by atoms with Crippen LogP contribution in [0.3, 0.4) is 0 Å². The highest BCUT2D eigenvalue weighted by Crippen LogP contribution is 2.28. The lowest BCUT2D eigenvalue weighted by atomic mass is 10.1. The maximum atomic E-state index is 10.8. The molecule has 1 aromatic heterocycles. The molecule has 1 aliphatic heterocycles. The molecule has 1 saturated heterocycles. The first-order valence-corrected chi connectivity index (χ1v) is 6.07. The number of primary amides is 1. The number of carboxylic acid groups (broad SMARTS) is 1. The van der Waals surface area contributed by atoms with Gasteiger partial charge >= 0.3 is 5.97 Å². The first-order valence-electron chi connectivity index (χ1n) is 6.07. The predicted molar refractivity (Wildman–Crippen MR) is 68.2 cm³/mol. The molecule has 8 N–H and O–H groups in total. The molecule has 0 aromatic carbocycles. The summed E-state index contributed by atoms with van der Waals surface area (Å²) in [6.07, 6.45) is -3.26. The van der Waals surface area contributed by atoms with Crippen LogP contribution >= 0.6 is 0 Å². The molecule has 1 aliphatic rings. The number of aliphatic carboxylic acids is 1. The molecular weight excluding hydrogens is 302 g/mol. The molecule has 0 bridgehead atoms. The standard InChI is InChI=1S/C8H12N4O5.C2H5NO2/c9-6(16)7-10-2-12(11-7)8-5(15)4(14)3(1-13)17-8;3-1-2(4)5/h2-5,8,13-15H,1H2,(H2,9,16);1,3H2,(H,4,5)/t3-,4-,5-,8-;/m1./s1. The van der Waals surface area contributed by atoms with Gasteiger partial charge < -0.3 is 36.6 Å². The summed E-state index contributed by atoms with van der Waals surface area (Å²) in [5.41, 5.74) is 9.54. The molecule has 4 atom stereocenters. The van der Waals surface area contributed by atoms with Gasteiger partial charge in [0, 0.05) is 0 Å². The Bertz CT molecular complexity index is 522. The van der Waals surface area contributed by atoms with E-state index in [0.717, 1.165) is 11.0 Å². The largest absolute Gasteiger partial charge is 0.480 e. The summed E-state index contributed by atoms with van der Waals surface area (Å²) in [5, 5.41) is 39.4. The number of carbonyl (C=O) groups excluding carboxylic acids is 1. The van der Waals surface area contributed by atoms with Crippen LogP contribution in [0.5, 0.6) is 0 Å². The summed E-state index contributed by atoms with van der Waals surface area (Å²) in [4.78, 5) is 23.6. The number of rotatable bonds is 4. The Balaban J connectivity index is 0.000000422. The smallest absolute Gasteiger partial charge is 0.317 e. The topological polar surface area (TPSA) is 207 Å². The van der Waals surface area contributed by atoms with Gasteiger partial charge in [-0.1, -0.05) is 0 Å². The number of nitrogens with two attached hydrogens (primary N) is 2. The minimum Gasteiger partial charge on any atom is -0.480 e. The molecular formula is C10H17N5O7. The molecule has 12 heteroatoms. The van der Waals surface area contributed by atoms with E-state index in [0.29, 0.717) is 0 Å². The van der Waals surface area contributed by atoms with Crippen molar-refractivity contribution in [2.45, 2.75) is 24.5 Å². The van der Waals surface area contributed by atoms with Crippen LogP contribution in [0.4, 0.5) is 0 Å². The third-order valence-electron chi connectivity index (χ3n) is 2.68. The second-order valence-corrected chi connectivity index (χ2v) is 4.24. The van der Waals surface area contributed by atoms with Gasteiger partial charge in [-0.3, -0.25) is 9.59 Å². The third-order valence-corrected chi connectivity index (χ3v) is 2.68. The minimum atomic E-state index is -1.27. The highest BCUT2D eigenvalue weighted by atomic mass is 16.6. The van der Waals surface area contributed by atoms with Gasteiger partial charge in [0.05, 0.1) is 13.2 Å². The van der Waals surface area contributed by atoms with Crippen molar-refractivity contribution < 1.29 is 34.8 Å². The van der Waals surface area contributed by atoms with Crippen molar-refractivity contribution in [1.29, 1.82) is 0 Å². The van der Waals surface area contributed by atoms with Crippen LogP contribution in [0.25, 0.3) is 0 Å². The van der Waals surface area contributed by atoms with Gasteiger partial charge in [0.25, 0.3) is 5.91 Å². The van der Waals surface area contributed by atoms with Gasteiger partial charge in [-0.05, 0) is 0 Å². The van der Waals surface area contributed by atoms with Crippen molar-refractivity contribution in [2.24, 2.45) is 11.5 Å². The SMILES string of the molecule is NC(=O)c1ncn([C@@H]2O[C@H](CO)[C@@H](O)[C@H]2O)n1.NCC(=O)O. The van der Waals surface area contributed by atoms with E-state index in [1.165, 1.54) is 0 Å². The van der Waals surface area contributed by atoms with Crippen molar-refractivity contribution in [2.75, 3.05) is 13.2 Å². The number of amides is 1. The van der Waals surface area contributed by atoms with E-state index in [9.17, 15) is 19.8 Å². The van der Waals surface area contributed by atoms with E-state index in [1.54, 1.807) is 0 Å². The maximum absolute atomic E-state index is 10.8. The fraction of sp³-hybridized carbons (Fsp3) is 0.600. The van der Waals surface area contributed by atoms with E-state index < -0.39 is 43.0 Å². The van der Waals surface area contributed by atoms with Gasteiger partial charge in [-0.25, -0.2) is 9.67 Å². The van der Waals surface area contributed by atoms with E-state index in [4.69, 9.17) is 20.7 Å². The van der Waals surface area contributed by atoms with Crippen LogP contribution in [0.15, 0.2) is 6.33 Å². The number of hydrogen-bond donors (Lipinski definition) is 6. The van der Waals surface area contributed by atoms with Crippen molar-refractivity contribution in [3.05, 3.63) is 12.2 Å². The second kappa shape index (κ2) is 7.77. The van der Waals surface area contributed by atoms with Gasteiger partial charge in [0.1, 0.15) is 24.6 Å². The molecule has 12 nitrogen and oxygen atoms in total. The molecule has 0 radical (unpaired) electrons. The molecule has 1 fully saturated rings. The van der Waals surface area contributed by atoms with Crippen LogP contribution in [-0.2, 0) is 9.53 Å². The van der Waals surface area contributed by atoms with Crippen molar-refractivity contribution in [3.8, 4) is 0 Å². The van der Waals surface area contributed by atoms with E-state index in [-0.39, 0.29) is 12.4 Å². The molecule has 1 aromatic rings. The van der Waals surface area contributed by atoms with Gasteiger partial charge in [0.2, 0.25) is 5.82 Å². The number of carbonyl (C=O) groups is 2. The normalized spacial score (nSPS) is 27.1. The fourth-order valence-corrected chi connectivity index (χ4v) is 1.61. The third kappa shape index (κ3) is 4.19. The van der Waals surface area contributed by atoms with E-state index in [1.807, 2.05) is 0 Å². The maximum Gasteiger partial charge on any atom is 0.317 e. The molecule has 124 valence electrons. The van der Waals surface area contributed by atoms with E-state index in [2.05, 4.69) is 15.8 Å². The quantitative estimate of drug-likeness (QED) is 0.317. The van der Waals surface area contributed by atoms with Crippen molar-refractivity contribution in [3.63, 3.8) is 0 Å². The number of aliphatic hydroxyl groups excluding tert-OH is 3. The van der Waals surface area contributed by atoms with Crippen LogP contribution in [-0.4, -0.2) is 78.5 Å². The molecule has 1 amide bonds. The number of hydrogen-bond acceptors (Lipinski definition) is 9. The first kappa shape index (κ1) is 17.9. The highest BCUT2D eigenvalue weighted by molar-refractivity contribution is 5.88. The number of ether oxygens (including phenoxy) is 1. The van der Waals surface area contributed by atoms with Crippen LogP contribution in [0, 0.1) is 0 Å². The Morgan fingerprint density at radius 3 is 2.32 bits per heavy atom. The lowest BCUT2D eigenvalue weighted by Gasteiger charge is -2.13. The fourth-order valence-electron chi connectivity index (χ4n) is 1.61. The highest BCUT2D eigenvalue weighted by Gasteiger charge is 2.43. The Labute approximate surface area is 123 Å². The molecule has 2 heterocycles. The molecule has 2 rings (SSSR count). The summed E-state index contributed by atoms with van der Waals surface area (Å²) >= 11 is 0. The number of aromatic nitrogens is 3. The predicted octanol–water partition coefficient (Wildman–Crippen LogP) is -3.98. The molecule has 0 aliphatic carbocycles. The van der Waals surface area contributed by atoms with Gasteiger partial charge in [-0.15, -0.1) is 5.10 Å². The Hall–Kier alpha value is -2.12. The number of aliphatic hydroxyl groups is 3. The average molecular weight is 319 g/mol. The Morgan fingerprint density at radius 1 is 1.36 bits per heavy atom. The van der Waals surface area contributed by atoms with Crippen molar-refractivity contribution >= 4 is 11.9 Å². The second-order valence-electron chi connectivity index (χ2n) is 4.24. The lowest BCUT2D eigenvalue weighted by molar-refractivity contribution is -0.135. The summed E-state index contributed by atoms with van der Waals surface area (Å²) in [5.74, 6) is -2.00. The summed E-state index contributed by atoms with van der Waals surface area (Å²) in [6.45, 7) is -0.716. The average Bonchev–Trinajstić information content (AvgIpc) is 3.06. The van der Waals surface area contributed by atoms with Crippen LogP contribution in [0.2, 0.25) is 0 Å². The molecule has 0 unspecified atom stereocenters. The number of carboxylic acids is 1. The monoisotopic (exact) mass is 319 g/mol. The number of nitrogens with zero attached hydrogens (tertiary/aromatic N) is 3. The summed E-state index contributed by atoms with van der Waals surface area (Å²) in [7, 11) is 0. The Morgan fingerprint density at radius 2 is 1.95 bits per heavy atom. The zero-order valence-electron chi connectivity index (χ0n) is 11.3. The zero-order valence-corrected chi connectivity index (χ0v) is 11.3. The molecule has 22 heavy (non-hydrogen) atoms. The summed E-state index contributed by atoms with van der Waals surface area (Å²) in [6, 6.07) is 0. The lowest BCUT2D eigenvalue weighted by Crippen LogP contribution is -2.33. The van der Waals surface area contributed by atoms with Crippen LogP contribution in [0.1, 0.15) is 16.8 Å². The molecule has 0 saturated carbocycles. The van der Waals surface area contributed by atoms with E-state index >= 15 is 0 Å². The Kier molecular flexibility index (Phi) is 6.33. The van der Waals surface area contributed by atoms with Gasteiger partial charge in [0.15, 0.2) is 6.23 Å².